The molecule has 1 aliphatic heterocycles. The van der Waals surface area contributed by atoms with Gasteiger partial charge in [0, 0.05) is 29.8 Å². The van der Waals surface area contributed by atoms with Crippen molar-refractivity contribution in [1.82, 2.24) is 9.47 Å². The van der Waals surface area contributed by atoms with Crippen molar-refractivity contribution in [3.05, 3.63) is 70.0 Å². The molecule has 0 unspecified atom stereocenters. The molecule has 0 aliphatic carbocycles. The molecule has 7 nitrogen and oxygen atoms in total. The number of nitrogens with two attached hydrogens (primary N) is 1. The number of aryl methyl sites for hydroxylation is 1. The first-order valence-electron chi connectivity index (χ1n) is 12.9. The van der Waals surface area contributed by atoms with Gasteiger partial charge in [-0.1, -0.05) is 37.1 Å². The molecule has 36 heavy (non-hydrogen) atoms. The van der Waals surface area contributed by atoms with Crippen LogP contribution in [-0.4, -0.2) is 45.0 Å². The van der Waals surface area contributed by atoms with Gasteiger partial charge in [0.2, 0.25) is 0 Å². The Bertz CT molecular complexity index is 1320. The van der Waals surface area contributed by atoms with Crippen molar-refractivity contribution in [3.63, 3.8) is 0 Å². The van der Waals surface area contributed by atoms with Crippen molar-refractivity contribution in [2.24, 2.45) is 5.73 Å². The highest BCUT2D eigenvalue weighted by Crippen LogP contribution is 2.25. The molecule has 2 atom stereocenters. The van der Waals surface area contributed by atoms with Gasteiger partial charge >= 0.3 is 5.97 Å². The summed E-state index contributed by atoms with van der Waals surface area (Å²) in [6.45, 7) is 6.21. The minimum atomic E-state index is -1.01. The van der Waals surface area contributed by atoms with Crippen LogP contribution < -0.4 is 11.3 Å². The van der Waals surface area contributed by atoms with E-state index in [-0.39, 0.29) is 17.0 Å². The number of hydrogen-bond acceptors (Lipinski definition) is 4. The standard InChI is InChI=1S/C29H36N4O3/c1-19-8-6-9-20(2)32(19)14-4-3-5-15-33-26-18-24(29(35)36)13-12-22(26)17-25(28(33)34)21-10-7-11-23(16-21)27(30)31/h7,10-13,16-20H,3-6,8-9,14-15H2,1-2H3,(H3,30,31)(H,35,36)/t19-,20+. The molecule has 1 aliphatic rings. The number of nitrogens with zero attached hydrogens (tertiary/aromatic N) is 2. The lowest BCUT2D eigenvalue weighted by Gasteiger charge is -2.39. The number of nitrogen functional groups attached to an aromatic ring is 1. The van der Waals surface area contributed by atoms with E-state index in [4.69, 9.17) is 11.1 Å². The SMILES string of the molecule is C[C@@H]1CCC[C@H](C)N1CCCCCn1c(=O)c(-c2cccc(C(=N)N)c2)cc2ccc(C(=O)O)cc21. The zero-order valence-electron chi connectivity index (χ0n) is 21.2. The smallest absolute Gasteiger partial charge is 0.335 e. The van der Waals surface area contributed by atoms with Crippen molar-refractivity contribution in [3.8, 4) is 11.1 Å². The molecular formula is C29H36N4O3. The molecule has 4 N–H and O–H groups in total. The number of likely N-dealkylation sites (tertiary alicyclic amines) is 1. The number of aromatic nitrogens is 1. The van der Waals surface area contributed by atoms with Gasteiger partial charge in [0.25, 0.3) is 5.56 Å². The van der Waals surface area contributed by atoms with Crippen LogP contribution in [0.25, 0.3) is 22.0 Å². The minimum Gasteiger partial charge on any atom is -0.478 e. The van der Waals surface area contributed by atoms with E-state index >= 15 is 0 Å². The number of fused-ring (bicyclic) bond motifs is 1. The van der Waals surface area contributed by atoms with Crippen molar-refractivity contribution in [2.75, 3.05) is 6.54 Å². The van der Waals surface area contributed by atoms with Gasteiger partial charge in [0.05, 0.1) is 11.1 Å². The van der Waals surface area contributed by atoms with E-state index in [2.05, 4.69) is 18.7 Å². The molecular weight excluding hydrogens is 452 g/mol. The van der Waals surface area contributed by atoms with E-state index in [0.29, 0.717) is 40.8 Å². The zero-order chi connectivity index (χ0) is 25.8. The second kappa shape index (κ2) is 11.1. The molecule has 7 heteroatoms. The fraction of sp³-hybridized carbons (Fsp3) is 0.414. The fourth-order valence-electron chi connectivity index (χ4n) is 5.44. The summed E-state index contributed by atoms with van der Waals surface area (Å²) in [5.74, 6) is -1.07. The molecule has 3 aromatic rings. The lowest BCUT2D eigenvalue weighted by atomic mass is 9.97. The molecule has 2 heterocycles. The van der Waals surface area contributed by atoms with E-state index < -0.39 is 5.97 Å². The molecule has 0 spiro atoms. The van der Waals surface area contributed by atoms with E-state index in [1.54, 1.807) is 47.0 Å². The number of rotatable bonds is 9. The average Bonchev–Trinajstić information content (AvgIpc) is 2.86. The van der Waals surface area contributed by atoms with Crippen molar-refractivity contribution in [1.29, 1.82) is 5.41 Å². The zero-order valence-corrected chi connectivity index (χ0v) is 21.2. The fourth-order valence-corrected chi connectivity index (χ4v) is 5.44. The van der Waals surface area contributed by atoms with Crippen LogP contribution in [0.3, 0.4) is 0 Å². The highest BCUT2D eigenvalue weighted by molar-refractivity contribution is 5.97. The topological polar surface area (TPSA) is 112 Å². The van der Waals surface area contributed by atoms with Gasteiger partial charge in [-0.15, -0.1) is 0 Å². The quantitative estimate of drug-likeness (QED) is 0.221. The Hall–Kier alpha value is -3.45. The molecule has 0 amide bonds. The number of pyridine rings is 1. The number of benzene rings is 2. The van der Waals surface area contributed by atoms with Crippen LogP contribution in [0.5, 0.6) is 0 Å². The molecule has 1 saturated heterocycles. The summed E-state index contributed by atoms with van der Waals surface area (Å²) in [5.41, 5.74) is 8.07. The number of unbranched alkanes of at least 4 members (excludes halogenated alkanes) is 2. The van der Waals surface area contributed by atoms with Gasteiger partial charge in [0.1, 0.15) is 5.84 Å². The number of carboxylic acid groups (broad SMARTS) is 1. The van der Waals surface area contributed by atoms with Gasteiger partial charge < -0.3 is 15.4 Å². The minimum absolute atomic E-state index is 0.0543. The third-order valence-electron chi connectivity index (χ3n) is 7.50. The molecule has 2 aromatic carbocycles. The van der Waals surface area contributed by atoms with E-state index in [1.807, 2.05) is 6.07 Å². The predicted molar refractivity (Wildman–Crippen MR) is 145 cm³/mol. The Labute approximate surface area is 212 Å². The molecule has 0 bridgehead atoms. The Morgan fingerprint density at radius 1 is 1.00 bits per heavy atom. The summed E-state index contributed by atoms with van der Waals surface area (Å²) in [4.78, 5) is 27.9. The second-order valence-electron chi connectivity index (χ2n) is 10.0. The molecule has 0 radical (unpaired) electrons. The van der Waals surface area contributed by atoms with Crippen molar-refractivity contribution in [2.45, 2.75) is 71.0 Å². The van der Waals surface area contributed by atoms with Crippen molar-refractivity contribution < 1.29 is 9.90 Å². The highest BCUT2D eigenvalue weighted by atomic mass is 16.4. The number of nitrogens with one attached hydrogen (secondary N) is 1. The highest BCUT2D eigenvalue weighted by Gasteiger charge is 2.23. The van der Waals surface area contributed by atoms with Gasteiger partial charge in [0.15, 0.2) is 0 Å². The van der Waals surface area contributed by atoms with Crippen molar-refractivity contribution >= 4 is 22.7 Å². The summed E-state index contributed by atoms with van der Waals surface area (Å²) < 4.78 is 1.71. The van der Waals surface area contributed by atoms with E-state index in [1.165, 1.54) is 19.3 Å². The number of carbonyl (C=O) groups is 1. The van der Waals surface area contributed by atoms with Crippen LogP contribution in [0.1, 0.15) is 68.3 Å². The van der Waals surface area contributed by atoms with Gasteiger partial charge in [-0.05, 0) is 81.3 Å². The number of carboxylic acids is 1. The maximum atomic E-state index is 13.7. The Kier molecular flexibility index (Phi) is 7.89. The van der Waals surface area contributed by atoms with Crippen LogP contribution in [0, 0.1) is 5.41 Å². The first kappa shape index (κ1) is 25.6. The summed E-state index contributed by atoms with van der Waals surface area (Å²) in [6.07, 6.45) is 6.72. The first-order chi connectivity index (χ1) is 17.3. The predicted octanol–water partition coefficient (Wildman–Crippen LogP) is 5.08. The maximum Gasteiger partial charge on any atom is 0.335 e. The average molecular weight is 489 g/mol. The molecule has 1 fully saturated rings. The number of piperidine rings is 1. The normalized spacial score (nSPS) is 18.4. The number of aromatic carboxylic acids is 1. The third-order valence-corrected chi connectivity index (χ3v) is 7.50. The second-order valence-corrected chi connectivity index (χ2v) is 10.0. The molecule has 4 rings (SSSR count). The van der Waals surface area contributed by atoms with Crippen LogP contribution in [0.4, 0.5) is 0 Å². The Balaban J connectivity index is 1.61. The van der Waals surface area contributed by atoms with Crippen LogP contribution in [0.15, 0.2) is 53.3 Å². The van der Waals surface area contributed by atoms with E-state index in [9.17, 15) is 14.7 Å². The lowest BCUT2D eigenvalue weighted by Crippen LogP contribution is -2.44. The Morgan fingerprint density at radius 2 is 1.72 bits per heavy atom. The van der Waals surface area contributed by atoms with Gasteiger partial charge in [-0.25, -0.2) is 4.79 Å². The summed E-state index contributed by atoms with van der Waals surface area (Å²) in [5, 5.41) is 18.1. The molecule has 1 aromatic heterocycles. The van der Waals surface area contributed by atoms with Gasteiger partial charge in [-0.3, -0.25) is 15.1 Å². The molecule has 0 saturated carbocycles. The van der Waals surface area contributed by atoms with Crippen LogP contribution in [-0.2, 0) is 6.54 Å². The number of hydrogen-bond donors (Lipinski definition) is 3. The van der Waals surface area contributed by atoms with Crippen LogP contribution in [0.2, 0.25) is 0 Å². The van der Waals surface area contributed by atoms with Gasteiger partial charge in [-0.2, -0.15) is 0 Å². The Morgan fingerprint density at radius 3 is 2.42 bits per heavy atom. The third kappa shape index (κ3) is 5.51. The van der Waals surface area contributed by atoms with E-state index in [0.717, 1.165) is 31.2 Å². The summed E-state index contributed by atoms with van der Waals surface area (Å²) >= 11 is 0. The summed E-state index contributed by atoms with van der Waals surface area (Å²) in [7, 11) is 0. The first-order valence-corrected chi connectivity index (χ1v) is 12.9. The largest absolute Gasteiger partial charge is 0.478 e. The monoisotopic (exact) mass is 488 g/mol. The maximum absolute atomic E-state index is 13.7. The lowest BCUT2D eigenvalue weighted by molar-refractivity contribution is 0.0697. The van der Waals surface area contributed by atoms with Crippen LogP contribution >= 0.6 is 0 Å². The molecule has 190 valence electrons. The number of amidine groups is 1. The summed E-state index contributed by atoms with van der Waals surface area (Å²) in [6, 6.07) is 15.1.